The molecule has 198 valence electrons. The molecule has 0 bridgehead atoms. The van der Waals surface area contributed by atoms with Crippen molar-refractivity contribution in [1.29, 1.82) is 0 Å². The highest BCUT2D eigenvalue weighted by molar-refractivity contribution is 5.81. The van der Waals surface area contributed by atoms with Crippen molar-refractivity contribution in [2.24, 2.45) is 0 Å². The lowest BCUT2D eigenvalue weighted by Gasteiger charge is -2.13. The Bertz CT molecular complexity index is 1410. The van der Waals surface area contributed by atoms with Crippen LogP contribution < -0.4 is 26.6 Å². The minimum Gasteiger partial charge on any atom is -0.461 e. The van der Waals surface area contributed by atoms with Gasteiger partial charge in [-0.25, -0.2) is 37.7 Å². The van der Waals surface area contributed by atoms with Crippen LogP contribution in [0.2, 0.25) is 0 Å². The van der Waals surface area contributed by atoms with Crippen LogP contribution in [0.15, 0.2) is 94.6 Å². The van der Waals surface area contributed by atoms with Gasteiger partial charge in [0.25, 0.3) is 0 Å². The van der Waals surface area contributed by atoms with Gasteiger partial charge in [-0.1, -0.05) is 43.5 Å². The van der Waals surface area contributed by atoms with Crippen LogP contribution in [0.5, 0.6) is 0 Å². The summed E-state index contributed by atoms with van der Waals surface area (Å²) in [4.78, 5) is 67.1. The Morgan fingerprint density at radius 2 is 1.11 bits per heavy atom. The van der Waals surface area contributed by atoms with Crippen molar-refractivity contribution < 1.29 is 28.6 Å². The molecule has 1 aromatic carbocycles. The summed E-state index contributed by atoms with van der Waals surface area (Å²) in [6, 6.07) is 13.4. The fourth-order valence-corrected chi connectivity index (χ4v) is 3.41. The number of rotatable bonds is 13. The number of hydrogen-bond acceptors (Lipinski definition) is 8. The number of nitrogens with zero attached hydrogens (tertiary/aromatic N) is 4. The van der Waals surface area contributed by atoms with E-state index in [2.05, 4.69) is 13.2 Å². The number of hydrogen-bond donors (Lipinski definition) is 0. The Morgan fingerprint density at radius 3 is 1.55 bits per heavy atom. The van der Waals surface area contributed by atoms with Gasteiger partial charge >= 0.3 is 29.0 Å². The second kappa shape index (κ2) is 13.3. The predicted molar refractivity (Wildman–Crippen MR) is 135 cm³/mol. The minimum atomic E-state index is -0.938. The van der Waals surface area contributed by atoms with E-state index in [0.29, 0.717) is 0 Å². The summed E-state index contributed by atoms with van der Waals surface area (Å²) in [5, 5.41) is 0. The normalized spacial score (nSPS) is 10.4. The molecule has 0 N–H and O–H groups in total. The average molecular weight is 524 g/mol. The predicted octanol–water partition coefficient (Wildman–Crippen LogP) is -0.287. The maximum Gasteiger partial charge on any atom is 0.336 e. The van der Waals surface area contributed by atoms with Crippen molar-refractivity contribution in [3.05, 3.63) is 112 Å². The van der Waals surface area contributed by atoms with Crippen molar-refractivity contribution in [3.63, 3.8) is 0 Å². The fourth-order valence-electron chi connectivity index (χ4n) is 3.41. The third kappa shape index (κ3) is 7.03. The van der Waals surface area contributed by atoms with Gasteiger partial charge in [-0.15, -0.1) is 0 Å². The molecular formula is C26H27N4O8+. The van der Waals surface area contributed by atoms with Gasteiger partial charge in [-0.2, -0.15) is 0 Å². The van der Waals surface area contributed by atoms with E-state index in [0.717, 1.165) is 37.0 Å². The van der Waals surface area contributed by atoms with Crippen LogP contribution in [-0.4, -0.2) is 45.5 Å². The van der Waals surface area contributed by atoms with Crippen molar-refractivity contribution in [2.75, 3.05) is 19.8 Å². The monoisotopic (exact) mass is 523 g/mol. The van der Waals surface area contributed by atoms with E-state index in [1.165, 1.54) is 4.73 Å². The Balaban J connectivity index is 1.79. The Labute approximate surface area is 216 Å². The largest absolute Gasteiger partial charge is 0.461 e. The highest BCUT2D eigenvalue weighted by Crippen LogP contribution is 2.16. The Hall–Kier alpha value is -5.00. The first-order valence-corrected chi connectivity index (χ1v) is 11.6. The molecule has 2 heterocycles. The molecule has 2 aromatic heterocycles. The van der Waals surface area contributed by atoms with Gasteiger partial charge in [-0.3, -0.25) is 4.84 Å². The summed E-state index contributed by atoms with van der Waals surface area (Å²) in [5.74, 6) is -1.46. The number of ether oxygens (including phenoxy) is 2. The Morgan fingerprint density at radius 1 is 0.684 bits per heavy atom. The van der Waals surface area contributed by atoms with Gasteiger partial charge < -0.3 is 9.47 Å². The fraction of sp³-hybridized carbons (Fsp3) is 0.231. The summed E-state index contributed by atoms with van der Waals surface area (Å²) in [6.45, 7) is 5.07. The minimum absolute atomic E-state index is 0.0837. The van der Waals surface area contributed by atoms with E-state index in [1.54, 1.807) is 12.4 Å². The topological polar surface area (TPSA) is 132 Å². The number of aromatic nitrogens is 4. The van der Waals surface area contributed by atoms with Crippen LogP contribution in [-0.2, 0) is 38.7 Å². The second-order valence-corrected chi connectivity index (χ2v) is 7.69. The van der Waals surface area contributed by atoms with Crippen LogP contribution in [0.1, 0.15) is 0 Å². The van der Waals surface area contributed by atoms with E-state index in [-0.39, 0.29) is 39.5 Å². The first kappa shape index (κ1) is 27.6. The molecular weight excluding hydrogens is 496 g/mol. The molecule has 0 radical (unpaired) electrons. The van der Waals surface area contributed by atoms with Crippen molar-refractivity contribution >= 4 is 11.9 Å². The van der Waals surface area contributed by atoms with Crippen LogP contribution in [0.25, 0.3) is 11.1 Å². The van der Waals surface area contributed by atoms with Crippen LogP contribution in [0.4, 0.5) is 0 Å². The van der Waals surface area contributed by atoms with E-state index >= 15 is 0 Å². The molecule has 0 aliphatic carbocycles. The zero-order valence-corrected chi connectivity index (χ0v) is 20.6. The zero-order chi connectivity index (χ0) is 27.5. The molecule has 0 atom stereocenters. The number of benzene rings is 1. The maximum absolute atomic E-state index is 13.0. The molecule has 38 heavy (non-hydrogen) atoms. The highest BCUT2D eigenvalue weighted by Gasteiger charge is 2.17. The first-order valence-electron chi connectivity index (χ1n) is 11.6. The molecule has 0 amide bonds. The highest BCUT2D eigenvalue weighted by atomic mass is 16.7. The Kier molecular flexibility index (Phi) is 9.69. The molecule has 0 saturated carbocycles. The number of pyridine rings is 1. The zero-order valence-electron chi connectivity index (χ0n) is 20.6. The van der Waals surface area contributed by atoms with Crippen molar-refractivity contribution in [1.82, 2.24) is 13.7 Å². The third-order valence-electron chi connectivity index (χ3n) is 5.30. The van der Waals surface area contributed by atoms with Crippen molar-refractivity contribution in [2.45, 2.75) is 19.6 Å². The number of carbonyl (C=O) groups is 2. The molecule has 0 spiro atoms. The van der Waals surface area contributed by atoms with Gasteiger partial charge in [0.1, 0.15) is 13.2 Å². The van der Waals surface area contributed by atoms with Crippen LogP contribution in [0.3, 0.4) is 0 Å². The lowest BCUT2D eigenvalue weighted by atomic mass is 10.1. The average Bonchev–Trinajstić information content (AvgIpc) is 2.94. The van der Waals surface area contributed by atoms with Crippen LogP contribution in [0, 0.1) is 0 Å². The van der Waals surface area contributed by atoms with E-state index < -0.39 is 29.0 Å². The molecule has 3 aromatic rings. The molecule has 12 heteroatoms. The standard InChI is InChI=1S/C26H27N4O8/c1-3-22(31)36-17-14-28-24(33)29(15-18-37-23(32)4-2)26(35)30(25(28)34)16-19-38-27-12-10-21(11-13-27)20-8-6-5-7-9-20/h3-13H,1-2,14-19H2/q+1. The molecule has 3 rings (SSSR count). The maximum atomic E-state index is 13.0. The summed E-state index contributed by atoms with van der Waals surface area (Å²) in [6.07, 6.45) is 5.26. The quantitative estimate of drug-likeness (QED) is 0.170. The first-order chi connectivity index (χ1) is 18.3. The SMILES string of the molecule is C=CC(=O)OCCn1c(=O)n(CCOC(=O)C=C)c(=O)n(CCO[n+]2ccc(-c3ccccc3)cc2)c1=O. The molecule has 12 nitrogen and oxygen atoms in total. The summed E-state index contributed by atoms with van der Waals surface area (Å²) in [7, 11) is 0. The molecule has 0 aliphatic rings. The second-order valence-electron chi connectivity index (χ2n) is 7.69. The van der Waals surface area contributed by atoms with E-state index in [4.69, 9.17) is 14.3 Å². The third-order valence-corrected chi connectivity index (χ3v) is 5.30. The molecule has 0 aliphatic heterocycles. The smallest absolute Gasteiger partial charge is 0.336 e. The summed E-state index contributed by atoms with van der Waals surface area (Å²) in [5.41, 5.74) is -0.728. The lowest BCUT2D eigenvalue weighted by molar-refractivity contribution is -0.891. The van der Waals surface area contributed by atoms with Gasteiger partial charge in [0, 0.05) is 29.0 Å². The van der Waals surface area contributed by atoms with Gasteiger partial charge in [-0.05, 0) is 11.1 Å². The van der Waals surface area contributed by atoms with Gasteiger partial charge in [0.15, 0.2) is 6.61 Å². The number of esters is 2. The molecule has 0 fully saturated rings. The van der Waals surface area contributed by atoms with Gasteiger partial charge in [0.2, 0.25) is 12.4 Å². The molecule has 0 unspecified atom stereocenters. The summed E-state index contributed by atoms with van der Waals surface area (Å²) < 4.78 is 13.5. The van der Waals surface area contributed by atoms with E-state index in [1.807, 2.05) is 42.5 Å². The van der Waals surface area contributed by atoms with Crippen molar-refractivity contribution in [3.8, 4) is 11.1 Å². The summed E-state index contributed by atoms with van der Waals surface area (Å²) >= 11 is 0. The van der Waals surface area contributed by atoms with E-state index in [9.17, 15) is 24.0 Å². The number of carbonyl (C=O) groups excluding carboxylic acids is 2. The molecule has 0 saturated heterocycles. The van der Waals surface area contributed by atoms with Gasteiger partial charge in [0.05, 0.1) is 19.6 Å². The lowest BCUT2D eigenvalue weighted by Crippen LogP contribution is -2.56. The van der Waals surface area contributed by atoms with Crippen LogP contribution >= 0.6 is 0 Å².